The van der Waals surface area contributed by atoms with E-state index in [9.17, 15) is 4.79 Å². The number of amides is 1. The highest BCUT2D eigenvalue weighted by Gasteiger charge is 2.25. The van der Waals surface area contributed by atoms with Gasteiger partial charge in [0, 0.05) is 0 Å². The first-order valence-electron chi connectivity index (χ1n) is 7.88. The van der Waals surface area contributed by atoms with E-state index < -0.39 is 6.10 Å². The largest absolute Gasteiger partial charge is 0.497 e. The molecular weight excluding hydrogens is 282 g/mol. The van der Waals surface area contributed by atoms with E-state index in [0.29, 0.717) is 19.8 Å². The number of benzene rings is 1. The lowest BCUT2D eigenvalue weighted by Gasteiger charge is -2.26. The van der Waals surface area contributed by atoms with Gasteiger partial charge in [0.15, 0.2) is 6.10 Å². The Bertz CT molecular complexity index is 454. The van der Waals surface area contributed by atoms with Crippen molar-refractivity contribution < 1.29 is 19.0 Å². The Hall–Kier alpha value is -1.59. The monoisotopic (exact) mass is 307 g/mol. The van der Waals surface area contributed by atoms with Crippen molar-refractivity contribution in [1.29, 1.82) is 0 Å². The van der Waals surface area contributed by atoms with Crippen LogP contribution < -0.4 is 10.1 Å². The lowest BCUT2D eigenvalue weighted by atomic mass is 10.0. The van der Waals surface area contributed by atoms with Gasteiger partial charge in [-0.1, -0.05) is 31.9 Å². The lowest BCUT2D eigenvalue weighted by Crippen LogP contribution is -2.44. The third-order valence-corrected chi connectivity index (χ3v) is 3.79. The molecule has 1 saturated heterocycles. The first-order valence-corrected chi connectivity index (χ1v) is 7.88. The molecule has 0 saturated carbocycles. The molecule has 5 heteroatoms. The van der Waals surface area contributed by atoms with Crippen molar-refractivity contribution in [2.75, 3.05) is 26.9 Å². The standard InChI is InChI=1S/C17H25NO4/c1-3-4-5-15(13-6-8-14(20-2)9-7-13)18-17(19)16-12-21-10-11-22-16/h6-9,15-16H,3-5,10-12H2,1-2H3,(H,18,19). The summed E-state index contributed by atoms with van der Waals surface area (Å²) < 4.78 is 15.9. The van der Waals surface area contributed by atoms with Crippen molar-refractivity contribution >= 4 is 5.91 Å². The summed E-state index contributed by atoms with van der Waals surface area (Å²) in [4.78, 5) is 12.3. The summed E-state index contributed by atoms with van der Waals surface area (Å²) in [5, 5.41) is 3.09. The predicted molar refractivity (Wildman–Crippen MR) is 84.0 cm³/mol. The molecule has 0 spiro atoms. The first-order chi connectivity index (χ1) is 10.7. The molecule has 122 valence electrons. The molecule has 0 radical (unpaired) electrons. The topological polar surface area (TPSA) is 56.8 Å². The summed E-state index contributed by atoms with van der Waals surface area (Å²) in [6, 6.07) is 7.82. The van der Waals surface area contributed by atoms with Crippen molar-refractivity contribution in [3.05, 3.63) is 29.8 Å². The van der Waals surface area contributed by atoms with Crippen molar-refractivity contribution in [1.82, 2.24) is 5.32 Å². The molecule has 1 aliphatic rings. The fourth-order valence-electron chi connectivity index (χ4n) is 2.47. The zero-order chi connectivity index (χ0) is 15.8. The predicted octanol–water partition coefficient (Wildman–Crippen LogP) is 2.46. The molecule has 1 fully saturated rings. The summed E-state index contributed by atoms with van der Waals surface area (Å²) in [5.41, 5.74) is 1.08. The van der Waals surface area contributed by atoms with Crippen LogP contribution >= 0.6 is 0 Å². The molecule has 1 amide bonds. The van der Waals surface area contributed by atoms with E-state index in [1.54, 1.807) is 7.11 Å². The number of hydrogen-bond donors (Lipinski definition) is 1. The van der Waals surface area contributed by atoms with Crippen LogP contribution in [0.2, 0.25) is 0 Å². The second kappa shape index (κ2) is 8.76. The minimum atomic E-state index is -0.504. The smallest absolute Gasteiger partial charge is 0.252 e. The van der Waals surface area contributed by atoms with Crippen LogP contribution in [0.1, 0.15) is 37.8 Å². The van der Waals surface area contributed by atoms with Gasteiger partial charge in [0.25, 0.3) is 5.91 Å². The average Bonchev–Trinajstić information content (AvgIpc) is 2.59. The molecule has 0 aliphatic carbocycles. The maximum Gasteiger partial charge on any atom is 0.252 e. The van der Waals surface area contributed by atoms with E-state index >= 15 is 0 Å². The Morgan fingerprint density at radius 2 is 2.14 bits per heavy atom. The first kappa shape index (κ1) is 16.8. The Morgan fingerprint density at radius 1 is 1.36 bits per heavy atom. The summed E-state index contributed by atoms with van der Waals surface area (Å²) in [6.45, 7) is 3.50. The van der Waals surface area contributed by atoms with Crippen LogP contribution in [-0.2, 0) is 14.3 Å². The minimum Gasteiger partial charge on any atom is -0.497 e. The van der Waals surface area contributed by atoms with Gasteiger partial charge in [0.1, 0.15) is 5.75 Å². The molecule has 5 nitrogen and oxygen atoms in total. The molecule has 22 heavy (non-hydrogen) atoms. The van der Waals surface area contributed by atoms with Crippen LogP contribution in [0.4, 0.5) is 0 Å². The highest BCUT2D eigenvalue weighted by Crippen LogP contribution is 2.22. The quantitative estimate of drug-likeness (QED) is 0.840. The van der Waals surface area contributed by atoms with Gasteiger partial charge in [-0.2, -0.15) is 0 Å². The molecule has 2 rings (SSSR count). The summed E-state index contributed by atoms with van der Waals surface area (Å²) in [5.74, 6) is 0.713. The molecule has 0 aromatic heterocycles. The van der Waals surface area contributed by atoms with Crippen LogP contribution in [-0.4, -0.2) is 38.9 Å². The van der Waals surface area contributed by atoms with Gasteiger partial charge in [-0.25, -0.2) is 0 Å². The number of hydrogen-bond acceptors (Lipinski definition) is 4. The lowest BCUT2D eigenvalue weighted by molar-refractivity contribution is -0.148. The number of nitrogens with one attached hydrogen (secondary N) is 1. The highest BCUT2D eigenvalue weighted by molar-refractivity contribution is 5.81. The zero-order valence-corrected chi connectivity index (χ0v) is 13.3. The summed E-state index contributed by atoms with van der Waals surface area (Å²) in [7, 11) is 1.64. The second-order valence-electron chi connectivity index (χ2n) is 5.41. The fraction of sp³-hybridized carbons (Fsp3) is 0.588. The van der Waals surface area contributed by atoms with E-state index in [0.717, 1.165) is 30.6 Å². The van der Waals surface area contributed by atoms with Crippen LogP contribution in [0.5, 0.6) is 5.75 Å². The Morgan fingerprint density at radius 3 is 2.73 bits per heavy atom. The molecule has 1 aromatic rings. The van der Waals surface area contributed by atoms with Gasteiger partial charge < -0.3 is 19.5 Å². The average molecular weight is 307 g/mol. The van der Waals surface area contributed by atoms with E-state index in [2.05, 4.69) is 12.2 Å². The normalized spacial score (nSPS) is 19.5. The number of carbonyl (C=O) groups is 1. The Balaban J connectivity index is 2.02. The molecule has 1 N–H and O–H groups in total. The molecule has 0 bridgehead atoms. The van der Waals surface area contributed by atoms with Crippen LogP contribution in [0, 0.1) is 0 Å². The minimum absolute atomic E-state index is 0.0103. The third kappa shape index (κ3) is 4.71. The van der Waals surface area contributed by atoms with Gasteiger partial charge >= 0.3 is 0 Å². The SMILES string of the molecule is CCCCC(NC(=O)C1COCCO1)c1ccc(OC)cc1. The summed E-state index contributed by atoms with van der Waals surface area (Å²) in [6.07, 6.45) is 2.54. The fourth-order valence-corrected chi connectivity index (χ4v) is 2.47. The highest BCUT2D eigenvalue weighted by atomic mass is 16.6. The van der Waals surface area contributed by atoms with Gasteiger partial charge in [-0.3, -0.25) is 4.79 Å². The van der Waals surface area contributed by atoms with E-state index in [4.69, 9.17) is 14.2 Å². The number of carbonyl (C=O) groups excluding carboxylic acids is 1. The maximum absolute atomic E-state index is 12.3. The molecule has 2 unspecified atom stereocenters. The second-order valence-corrected chi connectivity index (χ2v) is 5.41. The van der Waals surface area contributed by atoms with Gasteiger partial charge in [0.2, 0.25) is 0 Å². The molecular formula is C17H25NO4. The zero-order valence-electron chi connectivity index (χ0n) is 13.3. The van der Waals surface area contributed by atoms with Gasteiger partial charge in [-0.15, -0.1) is 0 Å². The number of unbranched alkanes of at least 4 members (excludes halogenated alkanes) is 1. The molecule has 2 atom stereocenters. The van der Waals surface area contributed by atoms with Crippen molar-refractivity contribution in [2.24, 2.45) is 0 Å². The molecule has 1 heterocycles. The number of rotatable bonds is 7. The number of ether oxygens (including phenoxy) is 3. The van der Waals surface area contributed by atoms with Gasteiger partial charge in [0.05, 0.1) is 33.0 Å². The van der Waals surface area contributed by atoms with E-state index in [1.165, 1.54) is 0 Å². The van der Waals surface area contributed by atoms with E-state index in [1.807, 2.05) is 24.3 Å². The molecule has 1 aromatic carbocycles. The maximum atomic E-state index is 12.3. The van der Waals surface area contributed by atoms with Crippen LogP contribution in [0.3, 0.4) is 0 Å². The van der Waals surface area contributed by atoms with Crippen molar-refractivity contribution in [2.45, 2.75) is 38.3 Å². The van der Waals surface area contributed by atoms with Gasteiger partial charge in [-0.05, 0) is 24.1 Å². The van der Waals surface area contributed by atoms with E-state index in [-0.39, 0.29) is 11.9 Å². The number of methoxy groups -OCH3 is 1. The molecule has 1 aliphatic heterocycles. The summed E-state index contributed by atoms with van der Waals surface area (Å²) >= 11 is 0. The van der Waals surface area contributed by atoms with Crippen molar-refractivity contribution in [3.63, 3.8) is 0 Å². The Labute approximate surface area is 131 Å². The van der Waals surface area contributed by atoms with Crippen LogP contribution in [0.15, 0.2) is 24.3 Å². The Kier molecular flexibility index (Phi) is 6.68. The van der Waals surface area contributed by atoms with Crippen LogP contribution in [0.25, 0.3) is 0 Å². The van der Waals surface area contributed by atoms with Crippen molar-refractivity contribution in [3.8, 4) is 5.75 Å². The third-order valence-electron chi connectivity index (χ3n) is 3.79.